The predicted molar refractivity (Wildman–Crippen MR) is 88.3 cm³/mol. The van der Waals surface area contributed by atoms with Gasteiger partial charge in [0.2, 0.25) is 0 Å². The molecule has 0 aliphatic rings. The second kappa shape index (κ2) is 6.46. The van der Waals surface area contributed by atoms with Crippen molar-refractivity contribution in [3.05, 3.63) is 68.1 Å². The molecule has 0 fully saturated rings. The van der Waals surface area contributed by atoms with E-state index in [9.17, 15) is 14.9 Å². The summed E-state index contributed by atoms with van der Waals surface area (Å²) in [5.41, 5.74) is 0.552. The van der Waals surface area contributed by atoms with Crippen molar-refractivity contribution >= 4 is 45.8 Å². The minimum Gasteiger partial charge on any atom is -0.454 e. The van der Waals surface area contributed by atoms with Gasteiger partial charge < -0.3 is 9.72 Å². The molecule has 0 spiro atoms. The Morgan fingerprint density at radius 1 is 1.29 bits per heavy atom. The number of aromatic nitrogens is 2. The lowest BCUT2D eigenvalue weighted by Gasteiger charge is -2.05. The number of nitrogens with one attached hydrogen (secondary N) is 1. The van der Waals surface area contributed by atoms with Gasteiger partial charge in [0.05, 0.1) is 15.6 Å². The molecule has 0 bridgehead atoms. The molecule has 1 aromatic carbocycles. The molecular formula is C15H9Cl2N3O4. The van der Waals surface area contributed by atoms with Crippen LogP contribution < -0.4 is 0 Å². The molecule has 0 unspecified atom stereocenters. The van der Waals surface area contributed by atoms with Gasteiger partial charge in [0.25, 0.3) is 5.69 Å². The van der Waals surface area contributed by atoms with E-state index in [1.54, 1.807) is 18.2 Å². The summed E-state index contributed by atoms with van der Waals surface area (Å²) in [4.78, 5) is 29.3. The van der Waals surface area contributed by atoms with Crippen LogP contribution in [0.15, 0.2) is 36.4 Å². The second-order valence-corrected chi connectivity index (χ2v) is 5.61. The number of nitro benzene ring substituents is 1. The van der Waals surface area contributed by atoms with E-state index in [1.165, 1.54) is 18.2 Å². The van der Waals surface area contributed by atoms with Crippen molar-refractivity contribution in [1.82, 2.24) is 9.97 Å². The molecule has 0 aliphatic carbocycles. The molecular weight excluding hydrogens is 357 g/mol. The highest BCUT2D eigenvalue weighted by Gasteiger charge is 2.18. The first-order valence-corrected chi connectivity index (χ1v) is 7.45. The third-order valence-electron chi connectivity index (χ3n) is 3.28. The summed E-state index contributed by atoms with van der Waals surface area (Å²) in [7, 11) is 0. The number of pyridine rings is 1. The second-order valence-electron chi connectivity index (χ2n) is 4.82. The summed E-state index contributed by atoms with van der Waals surface area (Å²) in [6.07, 6.45) is 0. The van der Waals surface area contributed by atoms with Gasteiger partial charge in [0, 0.05) is 11.5 Å². The minimum atomic E-state index is -0.682. The normalized spacial score (nSPS) is 10.8. The molecule has 7 nitrogen and oxygen atoms in total. The summed E-state index contributed by atoms with van der Waals surface area (Å²) in [6, 6.07) is 9.10. The third kappa shape index (κ3) is 3.17. The van der Waals surface area contributed by atoms with E-state index in [2.05, 4.69) is 9.97 Å². The maximum Gasteiger partial charge on any atom is 0.355 e. The molecule has 0 aliphatic heterocycles. The van der Waals surface area contributed by atoms with E-state index < -0.39 is 10.9 Å². The fourth-order valence-electron chi connectivity index (χ4n) is 2.17. The molecule has 0 radical (unpaired) electrons. The van der Waals surface area contributed by atoms with Gasteiger partial charge in [-0.3, -0.25) is 10.1 Å². The van der Waals surface area contributed by atoms with Crippen molar-refractivity contribution in [2.24, 2.45) is 0 Å². The number of hydrogen-bond donors (Lipinski definition) is 1. The highest BCUT2D eigenvalue weighted by Crippen LogP contribution is 2.26. The van der Waals surface area contributed by atoms with Crippen LogP contribution in [-0.2, 0) is 11.3 Å². The summed E-state index contributed by atoms with van der Waals surface area (Å²) in [5.74, 6) is -0.682. The highest BCUT2D eigenvalue weighted by molar-refractivity contribution is 6.32. The van der Waals surface area contributed by atoms with E-state index in [-0.39, 0.29) is 28.7 Å². The molecule has 9 heteroatoms. The Morgan fingerprint density at radius 3 is 2.83 bits per heavy atom. The van der Waals surface area contributed by atoms with Gasteiger partial charge in [-0.25, -0.2) is 9.78 Å². The number of carbonyl (C=O) groups is 1. The van der Waals surface area contributed by atoms with E-state index in [0.29, 0.717) is 16.1 Å². The van der Waals surface area contributed by atoms with Gasteiger partial charge in [-0.1, -0.05) is 35.3 Å². The van der Waals surface area contributed by atoms with E-state index in [4.69, 9.17) is 27.9 Å². The number of benzene rings is 1. The zero-order chi connectivity index (χ0) is 17.3. The molecule has 122 valence electrons. The Morgan fingerprint density at radius 2 is 2.08 bits per heavy atom. The molecule has 3 rings (SSSR count). The summed E-state index contributed by atoms with van der Waals surface area (Å²) in [5, 5.41) is 12.1. The molecule has 24 heavy (non-hydrogen) atoms. The standard InChI is InChI=1S/C15H9Cl2N3O4/c16-9-4-5-13(17)18-11(9)7-24-15(21)10-6-8-2-1-3-12(20(22)23)14(8)19-10/h1-6,19H,7H2. The lowest BCUT2D eigenvalue weighted by molar-refractivity contribution is -0.383. The molecule has 0 atom stereocenters. The van der Waals surface area contributed by atoms with Gasteiger partial charge in [0.1, 0.15) is 23.0 Å². The van der Waals surface area contributed by atoms with Crippen LogP contribution in [0.1, 0.15) is 16.2 Å². The molecule has 0 saturated carbocycles. The summed E-state index contributed by atoms with van der Waals surface area (Å²) in [6.45, 7) is -0.171. The van der Waals surface area contributed by atoms with Gasteiger partial charge in [-0.2, -0.15) is 0 Å². The molecule has 0 saturated heterocycles. The molecule has 0 amide bonds. The number of rotatable bonds is 4. The quantitative estimate of drug-likeness (QED) is 0.324. The number of ether oxygens (including phenoxy) is 1. The average Bonchev–Trinajstić information content (AvgIpc) is 2.99. The minimum absolute atomic E-state index is 0.0949. The number of H-pyrrole nitrogens is 1. The first kappa shape index (κ1) is 16.2. The Kier molecular flexibility index (Phi) is 4.37. The highest BCUT2D eigenvalue weighted by atomic mass is 35.5. The topological polar surface area (TPSA) is 98.1 Å². The fraction of sp³-hybridized carbons (Fsp3) is 0.0667. The number of fused-ring (bicyclic) bond motifs is 1. The number of nitro groups is 1. The van der Waals surface area contributed by atoms with E-state index >= 15 is 0 Å². The number of para-hydroxylation sites is 1. The van der Waals surface area contributed by atoms with Gasteiger partial charge in [-0.05, 0) is 18.2 Å². The average molecular weight is 366 g/mol. The molecule has 3 aromatic rings. The van der Waals surface area contributed by atoms with Crippen molar-refractivity contribution in [3.63, 3.8) is 0 Å². The maximum atomic E-state index is 12.1. The fourth-order valence-corrected chi connectivity index (χ4v) is 2.50. The van der Waals surface area contributed by atoms with Gasteiger partial charge in [0.15, 0.2) is 0 Å². The first-order valence-electron chi connectivity index (χ1n) is 6.70. The van der Waals surface area contributed by atoms with Crippen molar-refractivity contribution < 1.29 is 14.5 Å². The van der Waals surface area contributed by atoms with E-state index in [1.807, 2.05) is 0 Å². The van der Waals surface area contributed by atoms with Crippen LogP contribution in [0.3, 0.4) is 0 Å². The van der Waals surface area contributed by atoms with Crippen molar-refractivity contribution in [3.8, 4) is 0 Å². The SMILES string of the molecule is O=C(OCc1nc(Cl)ccc1Cl)c1cc2cccc([N+](=O)[O-])c2[nH]1. The Hall–Kier alpha value is -2.64. The zero-order valence-corrected chi connectivity index (χ0v) is 13.5. The number of nitrogens with zero attached hydrogens (tertiary/aromatic N) is 2. The molecule has 1 N–H and O–H groups in total. The molecule has 2 heterocycles. The van der Waals surface area contributed by atoms with Gasteiger partial charge >= 0.3 is 5.97 Å². The van der Waals surface area contributed by atoms with Crippen LogP contribution in [0.25, 0.3) is 10.9 Å². The predicted octanol–water partition coefficient (Wildman–Crippen LogP) is 4.13. The lowest BCUT2D eigenvalue weighted by atomic mass is 10.2. The van der Waals surface area contributed by atoms with Crippen molar-refractivity contribution in [1.29, 1.82) is 0 Å². The zero-order valence-electron chi connectivity index (χ0n) is 12.0. The van der Waals surface area contributed by atoms with Crippen LogP contribution >= 0.6 is 23.2 Å². The lowest BCUT2D eigenvalue weighted by Crippen LogP contribution is -2.07. The van der Waals surface area contributed by atoms with Crippen LogP contribution in [0.2, 0.25) is 10.2 Å². The third-order valence-corrected chi connectivity index (χ3v) is 3.83. The number of carbonyl (C=O) groups excluding carboxylic acids is 1. The monoisotopic (exact) mass is 365 g/mol. The molecule has 2 aromatic heterocycles. The van der Waals surface area contributed by atoms with Crippen LogP contribution in [-0.4, -0.2) is 20.9 Å². The number of aromatic amines is 1. The number of halogens is 2. The summed E-state index contributed by atoms with van der Waals surface area (Å²) < 4.78 is 5.13. The maximum absolute atomic E-state index is 12.1. The number of hydrogen-bond acceptors (Lipinski definition) is 5. The first-order chi connectivity index (χ1) is 11.5. The van der Waals surface area contributed by atoms with Crippen LogP contribution in [0.5, 0.6) is 0 Å². The smallest absolute Gasteiger partial charge is 0.355 e. The largest absolute Gasteiger partial charge is 0.454 e. The summed E-state index contributed by atoms with van der Waals surface area (Å²) >= 11 is 11.7. The van der Waals surface area contributed by atoms with E-state index in [0.717, 1.165) is 0 Å². The number of esters is 1. The van der Waals surface area contributed by atoms with Crippen LogP contribution in [0, 0.1) is 10.1 Å². The number of non-ortho nitro benzene ring substituents is 1. The van der Waals surface area contributed by atoms with Crippen LogP contribution in [0.4, 0.5) is 5.69 Å². The Balaban J connectivity index is 1.83. The van der Waals surface area contributed by atoms with Crippen molar-refractivity contribution in [2.45, 2.75) is 6.61 Å². The Bertz CT molecular complexity index is 955. The van der Waals surface area contributed by atoms with Gasteiger partial charge in [-0.15, -0.1) is 0 Å². The Labute approximate surface area is 145 Å². The van der Waals surface area contributed by atoms with Crippen molar-refractivity contribution in [2.75, 3.05) is 0 Å².